The molecule has 1 saturated heterocycles. The van der Waals surface area contributed by atoms with Gasteiger partial charge >= 0.3 is 0 Å². The number of benzene rings is 1. The Morgan fingerprint density at radius 1 is 1.00 bits per heavy atom. The third-order valence-electron chi connectivity index (χ3n) is 6.52. The summed E-state index contributed by atoms with van der Waals surface area (Å²) in [6.07, 6.45) is 4.81. The van der Waals surface area contributed by atoms with Gasteiger partial charge in [0.1, 0.15) is 0 Å². The predicted octanol–water partition coefficient (Wildman–Crippen LogP) is 1.81. The molecule has 4 unspecified atom stereocenters. The van der Waals surface area contributed by atoms with Gasteiger partial charge in [0, 0.05) is 19.1 Å². The van der Waals surface area contributed by atoms with Crippen LogP contribution in [0.1, 0.15) is 32.6 Å². The van der Waals surface area contributed by atoms with Crippen LogP contribution >= 0.6 is 0 Å². The van der Waals surface area contributed by atoms with Crippen LogP contribution in [0.3, 0.4) is 0 Å². The second-order valence-corrected chi connectivity index (χ2v) is 11.9. The second kappa shape index (κ2) is 7.68. The highest BCUT2D eigenvalue weighted by atomic mass is 32.2. The monoisotopic (exact) mass is 428 g/mol. The largest absolute Gasteiger partial charge is 0.379 e. The van der Waals surface area contributed by atoms with Crippen LogP contribution in [0.4, 0.5) is 0 Å². The standard InChI is InChI=1S/C19H28N2O5S2/c1-14(19-13-15-2-3-16(19)12-15)20-27(22,23)17-4-6-18(7-5-17)28(24,25)21-8-10-26-11-9-21/h4-7,14-16,19-20H,2-3,8-13H2,1H3. The maximum Gasteiger partial charge on any atom is 0.243 e. The third-order valence-corrected chi connectivity index (χ3v) is 10.0. The van der Waals surface area contributed by atoms with E-state index in [1.807, 2.05) is 6.92 Å². The van der Waals surface area contributed by atoms with Gasteiger partial charge in [0.15, 0.2) is 0 Å². The molecule has 1 aromatic carbocycles. The number of rotatable bonds is 6. The lowest BCUT2D eigenvalue weighted by Gasteiger charge is -2.28. The molecule has 4 atom stereocenters. The van der Waals surface area contributed by atoms with Crippen molar-refractivity contribution in [2.75, 3.05) is 26.3 Å². The van der Waals surface area contributed by atoms with Crippen LogP contribution in [-0.4, -0.2) is 53.5 Å². The second-order valence-electron chi connectivity index (χ2n) is 8.24. The van der Waals surface area contributed by atoms with Gasteiger partial charge in [0.05, 0.1) is 23.0 Å². The number of hydrogen-bond donors (Lipinski definition) is 1. The fourth-order valence-electron chi connectivity index (χ4n) is 5.03. The zero-order chi connectivity index (χ0) is 19.9. The Kier molecular flexibility index (Phi) is 5.56. The minimum atomic E-state index is -3.68. The van der Waals surface area contributed by atoms with Crippen LogP contribution in [0.15, 0.2) is 34.1 Å². The number of sulfonamides is 2. The van der Waals surface area contributed by atoms with Crippen LogP contribution in [0.5, 0.6) is 0 Å². The molecular weight excluding hydrogens is 400 g/mol. The molecule has 1 aliphatic heterocycles. The van der Waals surface area contributed by atoms with Gasteiger partial charge in [-0.2, -0.15) is 4.31 Å². The molecule has 0 aromatic heterocycles. The van der Waals surface area contributed by atoms with E-state index < -0.39 is 20.0 Å². The Hall–Kier alpha value is -1.00. The molecule has 0 radical (unpaired) electrons. The maximum atomic E-state index is 12.8. The Morgan fingerprint density at radius 3 is 2.21 bits per heavy atom. The van der Waals surface area contributed by atoms with E-state index in [9.17, 15) is 16.8 Å². The molecule has 4 rings (SSSR count). The van der Waals surface area contributed by atoms with Crippen molar-refractivity contribution in [2.24, 2.45) is 17.8 Å². The average molecular weight is 429 g/mol. The van der Waals surface area contributed by atoms with Crippen LogP contribution < -0.4 is 4.72 Å². The van der Waals surface area contributed by atoms with E-state index in [4.69, 9.17) is 4.74 Å². The van der Waals surface area contributed by atoms with Gasteiger partial charge in [0.25, 0.3) is 0 Å². The summed E-state index contributed by atoms with van der Waals surface area (Å²) in [5.41, 5.74) is 0. The van der Waals surface area contributed by atoms with Crippen molar-refractivity contribution in [3.63, 3.8) is 0 Å². The lowest BCUT2D eigenvalue weighted by Crippen LogP contribution is -2.40. The smallest absolute Gasteiger partial charge is 0.243 e. The summed E-state index contributed by atoms with van der Waals surface area (Å²) in [6.45, 7) is 3.31. The van der Waals surface area contributed by atoms with Crippen LogP contribution in [0.2, 0.25) is 0 Å². The topological polar surface area (TPSA) is 92.8 Å². The fraction of sp³-hybridized carbons (Fsp3) is 0.684. The number of nitrogens with zero attached hydrogens (tertiary/aromatic N) is 1. The molecule has 7 nitrogen and oxygen atoms in total. The van der Waals surface area contributed by atoms with Gasteiger partial charge in [-0.05, 0) is 68.2 Å². The van der Waals surface area contributed by atoms with Crippen molar-refractivity contribution in [1.29, 1.82) is 0 Å². The van der Waals surface area contributed by atoms with Gasteiger partial charge in [0.2, 0.25) is 20.0 Å². The Balaban J connectivity index is 1.46. The molecule has 156 valence electrons. The lowest BCUT2D eigenvalue weighted by molar-refractivity contribution is 0.0730. The minimum absolute atomic E-state index is 0.100. The van der Waals surface area contributed by atoms with Gasteiger partial charge in [-0.15, -0.1) is 0 Å². The summed E-state index contributed by atoms with van der Waals surface area (Å²) in [7, 11) is -7.31. The molecule has 0 spiro atoms. The highest BCUT2D eigenvalue weighted by Crippen LogP contribution is 2.49. The van der Waals surface area contributed by atoms with E-state index in [0.717, 1.165) is 12.3 Å². The quantitative estimate of drug-likeness (QED) is 0.746. The Morgan fingerprint density at radius 2 is 1.64 bits per heavy atom. The van der Waals surface area contributed by atoms with E-state index in [0.29, 0.717) is 38.1 Å². The first-order valence-electron chi connectivity index (χ1n) is 9.97. The van der Waals surface area contributed by atoms with Crippen LogP contribution in [0, 0.1) is 17.8 Å². The molecule has 1 aromatic rings. The normalized spacial score (nSPS) is 29.8. The number of hydrogen-bond acceptors (Lipinski definition) is 5. The third kappa shape index (κ3) is 3.87. The van der Waals surface area contributed by atoms with Crippen molar-refractivity contribution in [3.05, 3.63) is 24.3 Å². The van der Waals surface area contributed by atoms with Crippen molar-refractivity contribution in [1.82, 2.24) is 9.03 Å². The summed E-state index contributed by atoms with van der Waals surface area (Å²) in [5, 5.41) is 0. The lowest BCUT2D eigenvalue weighted by atomic mass is 9.84. The molecule has 1 N–H and O–H groups in total. The Bertz CT molecular complexity index is 908. The summed E-state index contributed by atoms with van der Waals surface area (Å²) < 4.78 is 60.3. The SMILES string of the molecule is CC(NS(=O)(=O)c1ccc(S(=O)(=O)N2CCOCC2)cc1)C1CC2CCC1C2. The van der Waals surface area contributed by atoms with E-state index in [2.05, 4.69) is 4.72 Å². The van der Waals surface area contributed by atoms with Crippen molar-refractivity contribution in [2.45, 2.75) is 48.4 Å². The Labute approximate surface area is 167 Å². The molecule has 28 heavy (non-hydrogen) atoms. The van der Waals surface area contributed by atoms with Crippen LogP contribution in [-0.2, 0) is 24.8 Å². The zero-order valence-corrected chi connectivity index (χ0v) is 17.7. The van der Waals surface area contributed by atoms with Gasteiger partial charge in [-0.3, -0.25) is 0 Å². The molecule has 2 aliphatic carbocycles. The molecule has 3 aliphatic rings. The van der Waals surface area contributed by atoms with Crippen LogP contribution in [0.25, 0.3) is 0 Å². The highest BCUT2D eigenvalue weighted by Gasteiger charge is 2.42. The number of fused-ring (bicyclic) bond motifs is 2. The molecule has 2 saturated carbocycles. The first kappa shape index (κ1) is 20.3. The first-order chi connectivity index (χ1) is 13.3. The summed E-state index contributed by atoms with van der Waals surface area (Å²) in [6, 6.07) is 5.40. The van der Waals surface area contributed by atoms with Crippen molar-refractivity contribution in [3.8, 4) is 0 Å². The molecule has 1 heterocycles. The zero-order valence-electron chi connectivity index (χ0n) is 16.1. The van der Waals surface area contributed by atoms with Gasteiger partial charge < -0.3 is 4.74 Å². The van der Waals surface area contributed by atoms with Crippen molar-refractivity contribution >= 4 is 20.0 Å². The highest BCUT2D eigenvalue weighted by molar-refractivity contribution is 7.89. The predicted molar refractivity (Wildman–Crippen MR) is 105 cm³/mol. The average Bonchev–Trinajstić information content (AvgIpc) is 3.32. The summed E-state index contributed by atoms with van der Waals surface area (Å²) in [4.78, 5) is 0.206. The van der Waals surface area contributed by atoms with Gasteiger partial charge in [-0.1, -0.05) is 6.42 Å². The van der Waals surface area contributed by atoms with Crippen molar-refractivity contribution < 1.29 is 21.6 Å². The summed E-state index contributed by atoms with van der Waals surface area (Å²) in [5.74, 6) is 1.78. The van der Waals surface area contributed by atoms with Gasteiger partial charge in [-0.25, -0.2) is 21.6 Å². The number of nitrogens with one attached hydrogen (secondary N) is 1. The van der Waals surface area contributed by atoms with E-state index >= 15 is 0 Å². The molecule has 0 amide bonds. The molecule has 9 heteroatoms. The number of morpholine rings is 1. The molecule has 3 fully saturated rings. The minimum Gasteiger partial charge on any atom is -0.379 e. The fourth-order valence-corrected chi connectivity index (χ4v) is 7.74. The molecular formula is C19H28N2O5S2. The van der Waals surface area contributed by atoms with E-state index in [1.54, 1.807) is 0 Å². The molecule has 2 bridgehead atoms. The van der Waals surface area contributed by atoms with E-state index in [-0.39, 0.29) is 15.8 Å². The maximum absolute atomic E-state index is 12.8. The first-order valence-corrected chi connectivity index (χ1v) is 12.9. The van der Waals surface area contributed by atoms with E-state index in [1.165, 1.54) is 47.8 Å². The number of ether oxygens (including phenoxy) is 1. The summed E-state index contributed by atoms with van der Waals surface area (Å²) >= 11 is 0.